The van der Waals surface area contributed by atoms with Crippen LogP contribution in [0, 0.1) is 0 Å². The van der Waals surface area contributed by atoms with Crippen molar-refractivity contribution in [3.63, 3.8) is 0 Å². The minimum absolute atomic E-state index is 0.109. The van der Waals surface area contributed by atoms with Crippen LogP contribution in [0.2, 0.25) is 0 Å². The molecule has 1 amide bonds. The predicted octanol–water partition coefficient (Wildman–Crippen LogP) is 4.01. The van der Waals surface area contributed by atoms with Crippen molar-refractivity contribution in [2.24, 2.45) is 0 Å². The molecule has 3 aromatic rings. The number of nitrogens with zero attached hydrogens (tertiary/aromatic N) is 2. The van der Waals surface area contributed by atoms with Crippen molar-refractivity contribution >= 4 is 32.4 Å². The van der Waals surface area contributed by atoms with Gasteiger partial charge in [-0.1, -0.05) is 12.5 Å². The molecule has 2 heterocycles. The summed E-state index contributed by atoms with van der Waals surface area (Å²) in [5.74, 6) is 0.817. The Balaban J connectivity index is 1.52. The number of thiazole rings is 1. The van der Waals surface area contributed by atoms with Crippen LogP contribution in [0.15, 0.2) is 58.8 Å². The zero-order valence-electron chi connectivity index (χ0n) is 18.4. The number of carbonyl (C=O) groups excluding carboxylic acids is 1. The number of piperidine rings is 1. The van der Waals surface area contributed by atoms with Gasteiger partial charge in [-0.15, -0.1) is 11.3 Å². The van der Waals surface area contributed by atoms with Gasteiger partial charge in [0.25, 0.3) is 0 Å². The lowest BCUT2D eigenvalue weighted by Gasteiger charge is -2.33. The molecule has 1 N–H and O–H groups in total. The highest BCUT2D eigenvalue weighted by Crippen LogP contribution is 2.30. The second kappa shape index (κ2) is 9.90. The Bertz CT molecular complexity index is 1220. The molecule has 8 nitrogen and oxygen atoms in total. The van der Waals surface area contributed by atoms with Gasteiger partial charge >= 0.3 is 0 Å². The Morgan fingerprint density at radius 2 is 1.85 bits per heavy atom. The average Bonchev–Trinajstić information content (AvgIpc) is 3.32. The molecule has 1 fully saturated rings. The number of hydrogen-bond donors (Lipinski definition) is 1. The first-order valence-corrected chi connectivity index (χ1v) is 12.8. The molecule has 1 aromatic heterocycles. The van der Waals surface area contributed by atoms with E-state index in [0.717, 1.165) is 23.4 Å². The first-order valence-electron chi connectivity index (χ1n) is 10.5. The van der Waals surface area contributed by atoms with E-state index in [0.29, 0.717) is 23.7 Å². The van der Waals surface area contributed by atoms with E-state index in [1.54, 1.807) is 19.2 Å². The fourth-order valence-electron chi connectivity index (χ4n) is 3.77. The van der Waals surface area contributed by atoms with Crippen LogP contribution in [0.25, 0.3) is 11.3 Å². The molecular weight excluding hydrogens is 462 g/mol. The molecule has 1 aliphatic rings. The van der Waals surface area contributed by atoms with E-state index in [2.05, 4.69) is 10.3 Å². The van der Waals surface area contributed by atoms with Crippen LogP contribution in [0.4, 0.5) is 5.13 Å². The van der Waals surface area contributed by atoms with E-state index in [-0.39, 0.29) is 17.3 Å². The van der Waals surface area contributed by atoms with E-state index in [1.165, 1.54) is 34.9 Å². The van der Waals surface area contributed by atoms with Crippen molar-refractivity contribution in [2.75, 3.05) is 26.1 Å². The normalized spacial score (nSPS) is 16.8. The van der Waals surface area contributed by atoms with Crippen molar-refractivity contribution in [3.8, 4) is 22.8 Å². The van der Waals surface area contributed by atoms with Crippen molar-refractivity contribution in [1.29, 1.82) is 0 Å². The molecule has 4 rings (SSSR count). The molecule has 0 radical (unpaired) electrons. The number of ether oxygens (including phenoxy) is 2. The molecule has 0 bridgehead atoms. The zero-order chi connectivity index (χ0) is 23.4. The fourth-order valence-corrected chi connectivity index (χ4v) is 6.18. The second-order valence-electron chi connectivity index (χ2n) is 7.56. The lowest BCUT2D eigenvalue weighted by atomic mass is 10.0. The first-order chi connectivity index (χ1) is 15.9. The minimum atomic E-state index is -3.86. The smallest absolute Gasteiger partial charge is 0.244 e. The molecule has 0 aliphatic carbocycles. The third-order valence-corrected chi connectivity index (χ3v) is 8.19. The number of methoxy groups -OCH3 is 2. The Morgan fingerprint density at radius 3 is 2.58 bits per heavy atom. The van der Waals surface area contributed by atoms with Gasteiger partial charge in [-0.3, -0.25) is 4.79 Å². The summed E-state index contributed by atoms with van der Waals surface area (Å²) in [4.78, 5) is 17.7. The van der Waals surface area contributed by atoms with Crippen LogP contribution in [0.5, 0.6) is 11.5 Å². The summed E-state index contributed by atoms with van der Waals surface area (Å²) >= 11 is 1.30. The molecule has 0 unspecified atom stereocenters. The summed E-state index contributed by atoms with van der Waals surface area (Å²) in [7, 11) is -0.773. The van der Waals surface area contributed by atoms with Gasteiger partial charge in [0.1, 0.15) is 17.5 Å². The van der Waals surface area contributed by atoms with Crippen molar-refractivity contribution in [1.82, 2.24) is 9.29 Å². The van der Waals surface area contributed by atoms with Crippen LogP contribution in [0.1, 0.15) is 19.3 Å². The lowest BCUT2D eigenvalue weighted by Crippen LogP contribution is -2.49. The maximum Gasteiger partial charge on any atom is 0.244 e. The number of sulfonamides is 1. The van der Waals surface area contributed by atoms with Crippen LogP contribution in [-0.4, -0.2) is 50.4 Å². The van der Waals surface area contributed by atoms with Gasteiger partial charge in [-0.05, 0) is 49.2 Å². The number of anilines is 1. The third-order valence-electron chi connectivity index (χ3n) is 5.52. The molecule has 0 spiro atoms. The van der Waals surface area contributed by atoms with Crippen molar-refractivity contribution in [3.05, 3.63) is 53.9 Å². The SMILES string of the molecule is COc1ccc(-c2csc(NC(=O)[C@H]3CCCCN3S(=O)(=O)c3cccc(OC)c3)n2)cc1. The third kappa shape index (κ3) is 5.02. The van der Waals surface area contributed by atoms with Gasteiger partial charge < -0.3 is 14.8 Å². The van der Waals surface area contributed by atoms with E-state index in [1.807, 2.05) is 29.6 Å². The van der Waals surface area contributed by atoms with Gasteiger partial charge in [0.2, 0.25) is 15.9 Å². The molecule has 1 saturated heterocycles. The molecule has 1 atom stereocenters. The summed E-state index contributed by atoms with van der Waals surface area (Å²) in [5.41, 5.74) is 1.62. The first kappa shape index (κ1) is 23.2. The lowest BCUT2D eigenvalue weighted by molar-refractivity contribution is -0.120. The summed E-state index contributed by atoms with van der Waals surface area (Å²) in [6.07, 6.45) is 1.93. The average molecular weight is 488 g/mol. The molecular formula is C23H25N3O5S2. The Hall–Kier alpha value is -2.95. The second-order valence-corrected chi connectivity index (χ2v) is 10.3. The maximum atomic E-state index is 13.3. The number of rotatable bonds is 7. The summed E-state index contributed by atoms with van der Waals surface area (Å²) in [6.45, 7) is 0.284. The fraction of sp³-hybridized carbons (Fsp3) is 0.304. The highest BCUT2D eigenvalue weighted by Gasteiger charge is 2.38. The van der Waals surface area contributed by atoms with E-state index < -0.39 is 16.1 Å². The number of aromatic nitrogens is 1. The molecule has 10 heteroatoms. The van der Waals surface area contributed by atoms with E-state index in [9.17, 15) is 13.2 Å². The molecule has 0 saturated carbocycles. The van der Waals surface area contributed by atoms with Gasteiger partial charge in [0, 0.05) is 23.6 Å². The number of amides is 1. The molecule has 1 aliphatic heterocycles. The number of hydrogen-bond acceptors (Lipinski definition) is 7. The van der Waals surface area contributed by atoms with Crippen molar-refractivity contribution in [2.45, 2.75) is 30.2 Å². The van der Waals surface area contributed by atoms with Crippen LogP contribution >= 0.6 is 11.3 Å². The minimum Gasteiger partial charge on any atom is -0.497 e. The standard InChI is InChI=1S/C23H25N3O5S2/c1-30-17-11-9-16(10-12-17)20-15-32-23(24-20)25-22(27)21-8-3-4-13-26(21)33(28,29)19-7-5-6-18(14-19)31-2/h5-7,9-12,14-15,21H,3-4,8,13H2,1-2H3,(H,24,25,27)/t21-/m1/s1. The Morgan fingerprint density at radius 1 is 1.09 bits per heavy atom. The summed E-state index contributed by atoms with van der Waals surface area (Å²) < 4.78 is 38.3. The molecule has 2 aromatic carbocycles. The Labute approximate surface area is 197 Å². The Kier molecular flexibility index (Phi) is 6.96. The number of carbonyl (C=O) groups is 1. The van der Waals surface area contributed by atoms with Gasteiger partial charge in [0.05, 0.1) is 24.8 Å². The number of nitrogens with one attached hydrogen (secondary N) is 1. The largest absolute Gasteiger partial charge is 0.497 e. The molecule has 174 valence electrons. The van der Waals surface area contributed by atoms with Crippen LogP contribution in [0.3, 0.4) is 0 Å². The van der Waals surface area contributed by atoms with E-state index >= 15 is 0 Å². The summed E-state index contributed by atoms with van der Waals surface area (Å²) in [5, 5.41) is 5.09. The van der Waals surface area contributed by atoms with Gasteiger partial charge in [-0.2, -0.15) is 4.31 Å². The van der Waals surface area contributed by atoms with Crippen LogP contribution < -0.4 is 14.8 Å². The maximum absolute atomic E-state index is 13.3. The van der Waals surface area contributed by atoms with Gasteiger partial charge in [0.15, 0.2) is 5.13 Å². The van der Waals surface area contributed by atoms with E-state index in [4.69, 9.17) is 9.47 Å². The van der Waals surface area contributed by atoms with Gasteiger partial charge in [-0.25, -0.2) is 13.4 Å². The summed E-state index contributed by atoms with van der Waals surface area (Å²) in [6, 6.07) is 13.0. The zero-order valence-corrected chi connectivity index (χ0v) is 20.0. The predicted molar refractivity (Wildman–Crippen MR) is 127 cm³/mol. The monoisotopic (exact) mass is 487 g/mol. The number of benzene rings is 2. The highest BCUT2D eigenvalue weighted by atomic mass is 32.2. The molecule has 33 heavy (non-hydrogen) atoms. The quantitative estimate of drug-likeness (QED) is 0.541. The highest BCUT2D eigenvalue weighted by molar-refractivity contribution is 7.89. The van der Waals surface area contributed by atoms with Crippen LogP contribution in [-0.2, 0) is 14.8 Å². The topological polar surface area (TPSA) is 97.8 Å². The van der Waals surface area contributed by atoms with Crippen molar-refractivity contribution < 1.29 is 22.7 Å².